The summed E-state index contributed by atoms with van der Waals surface area (Å²) in [7, 11) is 5.50. The van der Waals surface area contributed by atoms with E-state index < -0.39 is 24.0 Å². The molecular formula is C22H22O8. The van der Waals surface area contributed by atoms with Crippen LogP contribution in [0.15, 0.2) is 36.4 Å². The van der Waals surface area contributed by atoms with E-state index in [2.05, 4.69) is 4.74 Å². The Balaban J connectivity index is 2.11. The highest BCUT2D eigenvalue weighted by molar-refractivity contribution is 5.88. The van der Waals surface area contributed by atoms with Gasteiger partial charge in [-0.3, -0.25) is 4.79 Å². The van der Waals surface area contributed by atoms with E-state index in [1.54, 1.807) is 30.3 Å². The lowest BCUT2D eigenvalue weighted by molar-refractivity contribution is -0.144. The molecule has 30 heavy (non-hydrogen) atoms. The fraction of sp³-hybridized carbons (Fsp3) is 0.273. The van der Waals surface area contributed by atoms with Gasteiger partial charge in [-0.1, -0.05) is 6.07 Å². The summed E-state index contributed by atoms with van der Waals surface area (Å²) in [4.78, 5) is 24.1. The lowest BCUT2D eigenvalue weighted by Gasteiger charge is -2.18. The van der Waals surface area contributed by atoms with Gasteiger partial charge in [0.1, 0.15) is 12.0 Å². The van der Waals surface area contributed by atoms with Crippen molar-refractivity contribution in [3.8, 4) is 23.0 Å². The smallest absolute Gasteiger partial charge is 0.330 e. The largest absolute Gasteiger partial charge is 0.504 e. The molecule has 2 aromatic carbocycles. The molecule has 1 heterocycles. The molecule has 0 fully saturated rings. The average molecular weight is 414 g/mol. The van der Waals surface area contributed by atoms with Crippen LogP contribution in [0.25, 0.3) is 6.08 Å². The molecule has 1 aliphatic rings. The van der Waals surface area contributed by atoms with Crippen molar-refractivity contribution >= 4 is 18.0 Å². The summed E-state index contributed by atoms with van der Waals surface area (Å²) < 4.78 is 26.4. The van der Waals surface area contributed by atoms with Gasteiger partial charge in [0.05, 0.1) is 28.4 Å². The van der Waals surface area contributed by atoms with Crippen molar-refractivity contribution in [2.24, 2.45) is 0 Å². The summed E-state index contributed by atoms with van der Waals surface area (Å²) in [6.45, 7) is 0. The molecule has 0 radical (unpaired) electrons. The van der Waals surface area contributed by atoms with Crippen molar-refractivity contribution in [3.05, 3.63) is 53.1 Å². The number of ether oxygens (including phenoxy) is 5. The normalized spacial score (nSPS) is 17.2. The molecule has 0 unspecified atom stereocenters. The molecule has 1 aliphatic heterocycles. The summed E-state index contributed by atoms with van der Waals surface area (Å²) in [5.41, 5.74) is 1.80. The van der Waals surface area contributed by atoms with Gasteiger partial charge in [0.15, 0.2) is 23.0 Å². The molecule has 1 N–H and O–H groups in total. The second kappa shape index (κ2) is 8.77. The Morgan fingerprint density at radius 1 is 1.00 bits per heavy atom. The van der Waals surface area contributed by atoms with Crippen LogP contribution in [0.3, 0.4) is 0 Å². The topological polar surface area (TPSA) is 101 Å². The number of aromatic hydroxyl groups is 1. The van der Waals surface area contributed by atoms with Gasteiger partial charge in [-0.05, 0) is 41.5 Å². The minimum absolute atomic E-state index is 0.0285. The van der Waals surface area contributed by atoms with Crippen LogP contribution in [0.1, 0.15) is 28.7 Å². The number of hydrogen-bond donors (Lipinski definition) is 1. The number of methoxy groups -OCH3 is 4. The third-order valence-electron chi connectivity index (χ3n) is 4.81. The third kappa shape index (κ3) is 3.89. The molecule has 8 heteroatoms. The molecule has 0 saturated heterocycles. The zero-order chi connectivity index (χ0) is 21.8. The number of fused-ring (bicyclic) bond motifs is 1. The van der Waals surface area contributed by atoms with Gasteiger partial charge >= 0.3 is 11.9 Å². The summed E-state index contributed by atoms with van der Waals surface area (Å²) in [6, 6.07) is 8.14. The standard InChI is InChI=1S/C22H22O8/c1-26-16-11-13(6-7-15(16)23)20-19(22(25)29-4)14-9-12(5-8-18(24)28-3)10-17(27-2)21(14)30-20/h5-11,19-20,23H,1-4H3/b8-5+/t19-,20+/m0/s1. The molecule has 2 aromatic rings. The van der Waals surface area contributed by atoms with Crippen molar-refractivity contribution < 1.29 is 38.4 Å². The summed E-state index contributed by atoms with van der Waals surface area (Å²) in [6.07, 6.45) is 2.10. The van der Waals surface area contributed by atoms with E-state index in [4.69, 9.17) is 18.9 Å². The van der Waals surface area contributed by atoms with Crippen molar-refractivity contribution in [3.63, 3.8) is 0 Å². The van der Waals surface area contributed by atoms with Crippen molar-refractivity contribution in [2.45, 2.75) is 12.0 Å². The van der Waals surface area contributed by atoms with Gasteiger partial charge in [0.2, 0.25) is 0 Å². The minimum atomic E-state index is -0.792. The van der Waals surface area contributed by atoms with Crippen LogP contribution in [-0.2, 0) is 19.1 Å². The van der Waals surface area contributed by atoms with Crippen LogP contribution in [0, 0.1) is 0 Å². The fourth-order valence-electron chi connectivity index (χ4n) is 3.35. The number of benzene rings is 2. The Hall–Kier alpha value is -3.68. The van der Waals surface area contributed by atoms with Gasteiger partial charge < -0.3 is 28.8 Å². The van der Waals surface area contributed by atoms with Crippen LogP contribution in [0.2, 0.25) is 0 Å². The molecule has 0 saturated carbocycles. The number of hydrogen-bond acceptors (Lipinski definition) is 8. The van der Waals surface area contributed by atoms with Crippen molar-refractivity contribution in [2.75, 3.05) is 28.4 Å². The lowest BCUT2D eigenvalue weighted by atomic mass is 9.90. The maximum atomic E-state index is 12.7. The number of phenolic OH excluding ortho intramolecular Hbond substituents is 1. The predicted octanol–water partition coefficient (Wildman–Crippen LogP) is 2.99. The molecule has 158 valence electrons. The van der Waals surface area contributed by atoms with Crippen molar-refractivity contribution in [1.29, 1.82) is 0 Å². The van der Waals surface area contributed by atoms with Crippen LogP contribution < -0.4 is 14.2 Å². The van der Waals surface area contributed by atoms with E-state index in [1.807, 2.05) is 0 Å². The molecule has 0 aromatic heterocycles. The minimum Gasteiger partial charge on any atom is -0.504 e. The highest BCUT2D eigenvalue weighted by atomic mass is 16.5. The van der Waals surface area contributed by atoms with E-state index in [0.717, 1.165) is 0 Å². The van der Waals surface area contributed by atoms with Crippen LogP contribution in [-0.4, -0.2) is 45.5 Å². The van der Waals surface area contributed by atoms with Crippen LogP contribution in [0.4, 0.5) is 0 Å². The summed E-state index contributed by atoms with van der Waals surface area (Å²) in [5.74, 6) is -0.770. The Morgan fingerprint density at radius 2 is 1.73 bits per heavy atom. The second-order valence-electron chi connectivity index (χ2n) is 6.47. The molecule has 0 amide bonds. The quantitative estimate of drug-likeness (QED) is 0.569. The lowest BCUT2D eigenvalue weighted by Crippen LogP contribution is -2.20. The monoisotopic (exact) mass is 414 g/mol. The summed E-state index contributed by atoms with van der Waals surface area (Å²) in [5, 5.41) is 9.89. The van der Waals surface area contributed by atoms with E-state index >= 15 is 0 Å². The molecular weight excluding hydrogens is 392 g/mol. The zero-order valence-corrected chi connectivity index (χ0v) is 17.0. The highest BCUT2D eigenvalue weighted by Gasteiger charge is 2.43. The third-order valence-corrected chi connectivity index (χ3v) is 4.81. The molecule has 0 spiro atoms. The zero-order valence-electron chi connectivity index (χ0n) is 17.0. The summed E-state index contributed by atoms with van der Waals surface area (Å²) >= 11 is 0. The van der Waals surface area contributed by atoms with E-state index in [1.165, 1.54) is 40.6 Å². The Bertz CT molecular complexity index is 995. The van der Waals surface area contributed by atoms with E-state index in [-0.39, 0.29) is 11.5 Å². The number of carbonyl (C=O) groups excluding carboxylic acids is 2. The fourth-order valence-corrected chi connectivity index (χ4v) is 3.35. The average Bonchev–Trinajstić information content (AvgIpc) is 3.16. The second-order valence-corrected chi connectivity index (χ2v) is 6.47. The van der Waals surface area contributed by atoms with Gasteiger partial charge in [-0.25, -0.2) is 4.79 Å². The molecule has 0 aliphatic carbocycles. The number of phenols is 1. The molecule has 8 nitrogen and oxygen atoms in total. The maximum absolute atomic E-state index is 12.7. The maximum Gasteiger partial charge on any atom is 0.330 e. The van der Waals surface area contributed by atoms with Gasteiger partial charge in [-0.2, -0.15) is 0 Å². The SMILES string of the molecule is COC(=O)/C=C/c1cc(OC)c2c(c1)[C@H](C(=O)OC)[C@@H](c1ccc(O)c(OC)c1)O2. The Morgan fingerprint density at radius 3 is 2.37 bits per heavy atom. The van der Waals surface area contributed by atoms with Crippen LogP contribution >= 0.6 is 0 Å². The number of rotatable bonds is 6. The molecule has 2 atom stereocenters. The van der Waals surface area contributed by atoms with E-state index in [9.17, 15) is 14.7 Å². The van der Waals surface area contributed by atoms with Gasteiger partial charge in [-0.15, -0.1) is 0 Å². The van der Waals surface area contributed by atoms with E-state index in [0.29, 0.717) is 28.2 Å². The first-order valence-corrected chi connectivity index (χ1v) is 9.02. The van der Waals surface area contributed by atoms with Gasteiger partial charge in [0, 0.05) is 11.6 Å². The van der Waals surface area contributed by atoms with Crippen molar-refractivity contribution in [1.82, 2.24) is 0 Å². The first kappa shape index (κ1) is 21.0. The molecule has 0 bridgehead atoms. The highest BCUT2D eigenvalue weighted by Crippen LogP contribution is 2.52. The van der Waals surface area contributed by atoms with Crippen LogP contribution in [0.5, 0.6) is 23.0 Å². The Kier molecular flexibility index (Phi) is 6.15. The Labute approximate surface area is 173 Å². The first-order valence-electron chi connectivity index (χ1n) is 9.02. The predicted molar refractivity (Wildman–Crippen MR) is 107 cm³/mol. The van der Waals surface area contributed by atoms with Gasteiger partial charge in [0.25, 0.3) is 0 Å². The number of esters is 2. The first-order chi connectivity index (χ1) is 14.4. The number of carbonyl (C=O) groups is 2. The molecule has 3 rings (SSSR count).